The van der Waals surface area contributed by atoms with Crippen molar-refractivity contribution in [1.82, 2.24) is 20.0 Å². The lowest BCUT2D eigenvalue weighted by Crippen LogP contribution is -2.18. The van der Waals surface area contributed by atoms with E-state index in [1.54, 1.807) is 16.9 Å². The maximum Gasteiger partial charge on any atom is 0.277 e. The van der Waals surface area contributed by atoms with Crippen molar-refractivity contribution in [3.05, 3.63) is 18.2 Å². The molecule has 1 aliphatic carbocycles. The highest BCUT2D eigenvalue weighted by molar-refractivity contribution is 7.99. The smallest absolute Gasteiger partial charge is 0.277 e. The average molecular weight is 307 g/mol. The largest absolute Gasteiger partial charge is 0.416 e. The summed E-state index contributed by atoms with van der Waals surface area (Å²) < 4.78 is 7.26. The molecule has 1 aliphatic rings. The second-order valence-electron chi connectivity index (χ2n) is 5.27. The minimum Gasteiger partial charge on any atom is -0.416 e. The Bertz CT molecular complexity index is 632. The zero-order valence-electron chi connectivity index (χ0n) is 11.9. The number of thioether (sulfide) groups is 1. The van der Waals surface area contributed by atoms with Crippen molar-refractivity contribution in [2.75, 3.05) is 11.1 Å². The van der Waals surface area contributed by atoms with Crippen LogP contribution >= 0.6 is 11.8 Å². The Balaban J connectivity index is 1.52. The molecule has 112 valence electrons. The van der Waals surface area contributed by atoms with E-state index < -0.39 is 0 Å². The molecule has 8 heteroatoms. The summed E-state index contributed by atoms with van der Waals surface area (Å²) >= 11 is 1.25. The number of nitrogens with zero attached hydrogens (tertiary/aromatic N) is 4. The van der Waals surface area contributed by atoms with Gasteiger partial charge in [0.05, 0.1) is 11.9 Å². The molecule has 0 saturated heterocycles. The normalized spacial score (nSPS) is 14.6. The molecule has 2 aromatic heterocycles. The van der Waals surface area contributed by atoms with Gasteiger partial charge in [0.2, 0.25) is 11.8 Å². The molecule has 1 N–H and O–H groups in total. The van der Waals surface area contributed by atoms with Gasteiger partial charge >= 0.3 is 0 Å². The number of aromatic nitrogens is 4. The van der Waals surface area contributed by atoms with Gasteiger partial charge in [-0.15, -0.1) is 10.2 Å². The summed E-state index contributed by atoms with van der Waals surface area (Å²) in [7, 11) is 0. The van der Waals surface area contributed by atoms with Crippen molar-refractivity contribution >= 4 is 23.5 Å². The summed E-state index contributed by atoms with van der Waals surface area (Å²) in [6.07, 6.45) is 3.90. The van der Waals surface area contributed by atoms with Gasteiger partial charge in [-0.25, -0.2) is 4.68 Å². The molecule has 0 atom stereocenters. The molecule has 1 amide bonds. The number of carbonyl (C=O) groups excluding carboxylic acids is 1. The molecule has 0 aromatic carbocycles. The lowest BCUT2D eigenvalue weighted by molar-refractivity contribution is -0.113. The Morgan fingerprint density at radius 1 is 1.52 bits per heavy atom. The van der Waals surface area contributed by atoms with Crippen LogP contribution in [0.5, 0.6) is 0 Å². The van der Waals surface area contributed by atoms with Gasteiger partial charge in [0.1, 0.15) is 5.82 Å². The van der Waals surface area contributed by atoms with E-state index >= 15 is 0 Å². The molecule has 0 aliphatic heterocycles. The quantitative estimate of drug-likeness (QED) is 0.825. The number of nitrogens with one attached hydrogen (secondary N) is 1. The van der Waals surface area contributed by atoms with Gasteiger partial charge in [0.15, 0.2) is 0 Å². The minimum absolute atomic E-state index is 0.117. The van der Waals surface area contributed by atoms with Crippen LogP contribution in [0.1, 0.15) is 44.5 Å². The van der Waals surface area contributed by atoms with E-state index in [1.807, 2.05) is 13.8 Å². The van der Waals surface area contributed by atoms with Crippen LogP contribution in [0.15, 0.2) is 21.9 Å². The molecular formula is C13H17N5O2S. The third kappa shape index (κ3) is 3.44. The number of carbonyl (C=O) groups is 1. The predicted molar refractivity (Wildman–Crippen MR) is 78.2 cm³/mol. The number of anilines is 1. The molecule has 1 fully saturated rings. The summed E-state index contributed by atoms with van der Waals surface area (Å²) in [6, 6.07) is 1.97. The minimum atomic E-state index is -0.117. The van der Waals surface area contributed by atoms with Gasteiger partial charge in [-0.05, 0) is 26.7 Å². The van der Waals surface area contributed by atoms with Gasteiger partial charge < -0.3 is 9.73 Å². The highest BCUT2D eigenvalue weighted by atomic mass is 32.2. The van der Waals surface area contributed by atoms with Crippen molar-refractivity contribution < 1.29 is 9.21 Å². The molecule has 0 unspecified atom stereocenters. The highest BCUT2D eigenvalue weighted by Crippen LogP contribution is 2.39. The standard InChI is InChI=1S/C13H17N5O2S/c1-8(2)18-10(5-6-14-18)15-11(19)7-21-13-17-16-12(20-13)9-3-4-9/h5-6,8-9H,3-4,7H2,1-2H3,(H,15,19). The number of hydrogen-bond donors (Lipinski definition) is 1. The van der Waals surface area contributed by atoms with Crippen LogP contribution in [0.25, 0.3) is 0 Å². The van der Waals surface area contributed by atoms with Crippen LogP contribution in [0.3, 0.4) is 0 Å². The van der Waals surface area contributed by atoms with E-state index in [9.17, 15) is 4.79 Å². The van der Waals surface area contributed by atoms with E-state index in [1.165, 1.54) is 11.8 Å². The lowest BCUT2D eigenvalue weighted by atomic mass is 10.4. The second kappa shape index (κ2) is 5.88. The zero-order chi connectivity index (χ0) is 14.8. The summed E-state index contributed by atoms with van der Waals surface area (Å²) in [5.41, 5.74) is 0. The van der Waals surface area contributed by atoms with Crippen molar-refractivity contribution in [2.24, 2.45) is 0 Å². The van der Waals surface area contributed by atoms with Gasteiger partial charge in [0.25, 0.3) is 5.22 Å². The first-order valence-electron chi connectivity index (χ1n) is 6.93. The number of rotatable bonds is 6. The van der Waals surface area contributed by atoms with Crippen LogP contribution < -0.4 is 5.32 Å². The maximum atomic E-state index is 11.9. The SMILES string of the molecule is CC(C)n1nccc1NC(=O)CSc1nnc(C2CC2)o1. The number of hydrogen-bond acceptors (Lipinski definition) is 6. The van der Waals surface area contributed by atoms with Crippen LogP contribution in [0, 0.1) is 0 Å². The van der Waals surface area contributed by atoms with Crippen molar-refractivity contribution in [3.63, 3.8) is 0 Å². The van der Waals surface area contributed by atoms with E-state index in [4.69, 9.17) is 4.42 Å². The predicted octanol–water partition coefficient (Wildman–Crippen LogP) is 2.46. The third-order valence-corrected chi connectivity index (χ3v) is 3.92. The van der Waals surface area contributed by atoms with Crippen molar-refractivity contribution in [3.8, 4) is 0 Å². The highest BCUT2D eigenvalue weighted by Gasteiger charge is 2.29. The molecule has 7 nitrogen and oxygen atoms in total. The first kappa shape index (κ1) is 14.1. The van der Waals surface area contributed by atoms with Crippen LogP contribution in [0.2, 0.25) is 0 Å². The summed E-state index contributed by atoms with van der Waals surface area (Å²) in [5, 5.41) is 15.4. The summed E-state index contributed by atoms with van der Waals surface area (Å²) in [4.78, 5) is 11.9. The van der Waals surface area contributed by atoms with Gasteiger partial charge in [-0.2, -0.15) is 5.10 Å². The van der Waals surface area contributed by atoms with E-state index in [0.29, 0.717) is 22.8 Å². The maximum absolute atomic E-state index is 11.9. The monoisotopic (exact) mass is 307 g/mol. The fourth-order valence-corrected chi connectivity index (χ4v) is 2.47. The van der Waals surface area contributed by atoms with Gasteiger partial charge in [-0.1, -0.05) is 11.8 Å². The van der Waals surface area contributed by atoms with Gasteiger partial charge in [-0.3, -0.25) is 4.79 Å². The Labute approximate surface area is 126 Å². The molecular weight excluding hydrogens is 290 g/mol. The van der Waals surface area contributed by atoms with Crippen molar-refractivity contribution in [2.45, 2.75) is 43.9 Å². The Hall–Kier alpha value is -1.83. The Morgan fingerprint density at radius 2 is 2.33 bits per heavy atom. The van der Waals surface area contributed by atoms with E-state index in [-0.39, 0.29) is 17.7 Å². The molecule has 2 heterocycles. The van der Waals surface area contributed by atoms with Crippen molar-refractivity contribution in [1.29, 1.82) is 0 Å². The van der Waals surface area contributed by atoms with E-state index in [0.717, 1.165) is 12.8 Å². The van der Waals surface area contributed by atoms with Crippen LogP contribution in [-0.4, -0.2) is 31.6 Å². The van der Waals surface area contributed by atoms with E-state index in [2.05, 4.69) is 20.6 Å². The van der Waals surface area contributed by atoms with Crippen LogP contribution in [0.4, 0.5) is 5.82 Å². The molecule has 21 heavy (non-hydrogen) atoms. The third-order valence-electron chi connectivity index (χ3n) is 3.10. The van der Waals surface area contributed by atoms with Gasteiger partial charge in [0, 0.05) is 18.0 Å². The zero-order valence-corrected chi connectivity index (χ0v) is 12.8. The molecule has 0 spiro atoms. The lowest BCUT2D eigenvalue weighted by Gasteiger charge is -2.11. The topological polar surface area (TPSA) is 85.8 Å². The first-order chi connectivity index (χ1) is 10.1. The number of amides is 1. The molecule has 1 saturated carbocycles. The average Bonchev–Trinajstić information content (AvgIpc) is 3.00. The molecule has 3 rings (SSSR count). The second-order valence-corrected chi connectivity index (χ2v) is 6.20. The fraction of sp³-hybridized carbons (Fsp3) is 0.538. The molecule has 2 aromatic rings. The molecule has 0 bridgehead atoms. The first-order valence-corrected chi connectivity index (χ1v) is 7.91. The summed E-state index contributed by atoms with van der Waals surface area (Å²) in [6.45, 7) is 4.02. The van der Waals surface area contributed by atoms with Crippen LogP contribution in [-0.2, 0) is 4.79 Å². The Kier molecular flexibility index (Phi) is 3.96. The Morgan fingerprint density at radius 3 is 3.05 bits per heavy atom. The fourth-order valence-electron chi connectivity index (χ4n) is 1.90. The summed E-state index contributed by atoms with van der Waals surface area (Å²) in [5.74, 6) is 1.93. The molecule has 0 radical (unpaired) electrons.